The topological polar surface area (TPSA) is 116 Å². The number of halogens is 1. The maximum atomic E-state index is 12.8. The summed E-state index contributed by atoms with van der Waals surface area (Å²) in [4.78, 5) is 35.4. The summed E-state index contributed by atoms with van der Waals surface area (Å²) in [5.41, 5.74) is 0.707. The van der Waals surface area contributed by atoms with Gasteiger partial charge in [-0.3, -0.25) is 14.9 Å². The lowest BCUT2D eigenvalue weighted by Gasteiger charge is -2.10. The average molecular weight is 429 g/mol. The highest BCUT2D eigenvalue weighted by molar-refractivity contribution is 6.30. The molecule has 1 N–H and O–H groups in total. The van der Waals surface area contributed by atoms with Crippen LogP contribution in [0.25, 0.3) is 5.69 Å². The molecule has 0 bridgehead atoms. The van der Waals surface area contributed by atoms with E-state index in [1.54, 1.807) is 44.2 Å². The standard InChI is InChI=1S/C20H17ClN4O5/c1-3-30-20(27)14-8-13(9-17(10-14)25(28)29)19(26)22-18-7-12(2)23-24(18)16-6-4-5-15(21)11-16/h4-11H,3H2,1-2H3,(H,22,26). The zero-order chi connectivity index (χ0) is 21.8. The molecule has 0 aliphatic rings. The number of carbonyl (C=O) groups is 2. The Bertz CT molecular complexity index is 1140. The number of hydrogen-bond donors (Lipinski definition) is 1. The maximum absolute atomic E-state index is 12.8. The van der Waals surface area contributed by atoms with Crippen molar-refractivity contribution in [3.05, 3.63) is 80.5 Å². The van der Waals surface area contributed by atoms with Crippen LogP contribution in [0, 0.1) is 17.0 Å². The quantitative estimate of drug-likeness (QED) is 0.357. The van der Waals surface area contributed by atoms with Crippen molar-refractivity contribution in [3.63, 3.8) is 0 Å². The van der Waals surface area contributed by atoms with Crippen molar-refractivity contribution in [2.24, 2.45) is 0 Å². The van der Waals surface area contributed by atoms with Gasteiger partial charge in [-0.05, 0) is 38.1 Å². The molecule has 154 valence electrons. The lowest BCUT2D eigenvalue weighted by atomic mass is 10.1. The summed E-state index contributed by atoms with van der Waals surface area (Å²) in [6, 6.07) is 11.9. The zero-order valence-electron chi connectivity index (χ0n) is 16.1. The van der Waals surface area contributed by atoms with Crippen molar-refractivity contribution in [1.29, 1.82) is 0 Å². The Morgan fingerprint density at radius 3 is 2.60 bits per heavy atom. The van der Waals surface area contributed by atoms with Crippen molar-refractivity contribution in [1.82, 2.24) is 9.78 Å². The highest BCUT2D eigenvalue weighted by atomic mass is 35.5. The second kappa shape index (κ2) is 8.75. The number of nitro benzene ring substituents is 1. The van der Waals surface area contributed by atoms with E-state index in [-0.39, 0.29) is 17.7 Å². The van der Waals surface area contributed by atoms with Crippen LogP contribution in [0.3, 0.4) is 0 Å². The zero-order valence-corrected chi connectivity index (χ0v) is 16.8. The first-order chi connectivity index (χ1) is 14.3. The Balaban J connectivity index is 1.97. The minimum atomic E-state index is -0.755. The fourth-order valence-corrected chi connectivity index (χ4v) is 2.95. The molecule has 30 heavy (non-hydrogen) atoms. The van der Waals surface area contributed by atoms with E-state index in [1.807, 2.05) is 0 Å². The number of carbonyl (C=O) groups excluding carboxylic acids is 2. The van der Waals surface area contributed by atoms with Crippen LogP contribution < -0.4 is 5.32 Å². The Kier molecular flexibility index (Phi) is 6.12. The third kappa shape index (κ3) is 4.64. The van der Waals surface area contributed by atoms with E-state index in [0.717, 1.165) is 12.1 Å². The molecule has 0 aliphatic carbocycles. The molecule has 0 aliphatic heterocycles. The van der Waals surface area contributed by atoms with Gasteiger partial charge in [-0.25, -0.2) is 9.48 Å². The fraction of sp³-hybridized carbons (Fsp3) is 0.150. The Labute approximate surface area is 176 Å². The number of nitrogens with zero attached hydrogens (tertiary/aromatic N) is 3. The van der Waals surface area contributed by atoms with Gasteiger partial charge in [-0.1, -0.05) is 17.7 Å². The predicted octanol–water partition coefficient (Wildman–Crippen LogP) is 4.17. The molecule has 0 atom stereocenters. The molecule has 3 rings (SSSR count). The van der Waals surface area contributed by atoms with Gasteiger partial charge < -0.3 is 10.1 Å². The van der Waals surface area contributed by atoms with Crippen molar-refractivity contribution in [2.75, 3.05) is 11.9 Å². The van der Waals surface area contributed by atoms with Gasteiger partial charge in [0.15, 0.2) is 0 Å². The number of nitro groups is 1. The molecule has 0 saturated carbocycles. The minimum Gasteiger partial charge on any atom is -0.462 e. The third-order valence-electron chi connectivity index (χ3n) is 4.03. The average Bonchev–Trinajstić information content (AvgIpc) is 3.07. The summed E-state index contributed by atoms with van der Waals surface area (Å²) in [6.07, 6.45) is 0. The number of aromatic nitrogens is 2. The number of anilines is 1. The largest absolute Gasteiger partial charge is 0.462 e. The Hall–Kier alpha value is -3.72. The molecular weight excluding hydrogens is 412 g/mol. The summed E-state index contributed by atoms with van der Waals surface area (Å²) in [5, 5.41) is 18.8. The van der Waals surface area contributed by atoms with Crippen LogP contribution in [0.5, 0.6) is 0 Å². The van der Waals surface area contributed by atoms with Gasteiger partial charge in [0.2, 0.25) is 0 Å². The molecule has 10 heteroatoms. The number of hydrogen-bond acceptors (Lipinski definition) is 6. The van der Waals surface area contributed by atoms with Gasteiger partial charge in [0.25, 0.3) is 11.6 Å². The monoisotopic (exact) mass is 428 g/mol. The van der Waals surface area contributed by atoms with E-state index in [9.17, 15) is 19.7 Å². The van der Waals surface area contributed by atoms with Crippen LogP contribution in [0.4, 0.5) is 11.5 Å². The van der Waals surface area contributed by atoms with Crippen molar-refractivity contribution in [2.45, 2.75) is 13.8 Å². The lowest BCUT2D eigenvalue weighted by Crippen LogP contribution is -2.16. The predicted molar refractivity (Wildman–Crippen MR) is 110 cm³/mol. The number of nitrogens with one attached hydrogen (secondary N) is 1. The normalized spacial score (nSPS) is 10.5. The smallest absolute Gasteiger partial charge is 0.338 e. The first kappa shape index (κ1) is 21.0. The molecule has 0 spiro atoms. The first-order valence-corrected chi connectivity index (χ1v) is 9.27. The number of non-ortho nitro benzene ring substituents is 1. The number of rotatable bonds is 6. The molecule has 1 aromatic heterocycles. The molecule has 1 heterocycles. The molecule has 2 aromatic carbocycles. The van der Waals surface area contributed by atoms with Crippen LogP contribution >= 0.6 is 11.6 Å². The van der Waals surface area contributed by atoms with Gasteiger partial charge in [-0.2, -0.15) is 5.10 Å². The van der Waals surface area contributed by atoms with E-state index in [1.165, 1.54) is 10.7 Å². The molecule has 0 unspecified atom stereocenters. The number of esters is 1. The van der Waals surface area contributed by atoms with E-state index >= 15 is 0 Å². The van der Waals surface area contributed by atoms with E-state index in [4.69, 9.17) is 16.3 Å². The van der Waals surface area contributed by atoms with Crippen LogP contribution in [0.1, 0.15) is 33.3 Å². The lowest BCUT2D eigenvalue weighted by molar-refractivity contribution is -0.384. The first-order valence-electron chi connectivity index (χ1n) is 8.89. The highest BCUT2D eigenvalue weighted by Gasteiger charge is 2.20. The molecule has 1 amide bonds. The molecule has 0 saturated heterocycles. The van der Waals surface area contributed by atoms with Crippen LogP contribution in [-0.2, 0) is 4.74 Å². The van der Waals surface area contributed by atoms with Gasteiger partial charge in [0, 0.05) is 28.8 Å². The molecule has 0 radical (unpaired) electrons. The summed E-state index contributed by atoms with van der Waals surface area (Å²) in [5.74, 6) is -1.06. The Morgan fingerprint density at radius 2 is 1.93 bits per heavy atom. The van der Waals surface area contributed by atoms with Crippen molar-refractivity contribution in [3.8, 4) is 5.69 Å². The number of benzene rings is 2. The second-order valence-electron chi connectivity index (χ2n) is 6.26. The highest BCUT2D eigenvalue weighted by Crippen LogP contribution is 2.23. The SMILES string of the molecule is CCOC(=O)c1cc(C(=O)Nc2cc(C)nn2-c2cccc(Cl)c2)cc([N+](=O)[O-])c1. The van der Waals surface area contributed by atoms with Crippen LogP contribution in [0.2, 0.25) is 5.02 Å². The Morgan fingerprint density at radius 1 is 1.20 bits per heavy atom. The van der Waals surface area contributed by atoms with Gasteiger partial charge in [0.05, 0.1) is 28.5 Å². The minimum absolute atomic E-state index is 0.0660. The van der Waals surface area contributed by atoms with Gasteiger partial charge >= 0.3 is 5.97 Å². The summed E-state index contributed by atoms with van der Waals surface area (Å²) >= 11 is 6.04. The van der Waals surface area contributed by atoms with E-state index < -0.39 is 22.5 Å². The molecule has 3 aromatic rings. The van der Waals surface area contributed by atoms with Crippen LogP contribution in [0.15, 0.2) is 48.5 Å². The number of amides is 1. The molecular formula is C20H17ClN4O5. The van der Waals surface area contributed by atoms with Crippen LogP contribution in [-0.4, -0.2) is 33.2 Å². The van der Waals surface area contributed by atoms with Crippen molar-refractivity contribution < 1.29 is 19.2 Å². The molecule has 0 fully saturated rings. The fourth-order valence-electron chi connectivity index (χ4n) is 2.76. The number of aryl methyl sites for hydroxylation is 1. The van der Waals surface area contributed by atoms with E-state index in [2.05, 4.69) is 10.4 Å². The van der Waals surface area contributed by atoms with E-state index in [0.29, 0.717) is 22.2 Å². The van der Waals surface area contributed by atoms with Crippen molar-refractivity contribution >= 4 is 35.0 Å². The maximum Gasteiger partial charge on any atom is 0.338 e. The third-order valence-corrected chi connectivity index (χ3v) is 4.26. The molecule has 9 nitrogen and oxygen atoms in total. The summed E-state index contributed by atoms with van der Waals surface area (Å²) < 4.78 is 6.38. The number of ether oxygens (including phenoxy) is 1. The summed E-state index contributed by atoms with van der Waals surface area (Å²) in [7, 11) is 0. The van der Waals surface area contributed by atoms with Gasteiger partial charge in [0.1, 0.15) is 5.82 Å². The van der Waals surface area contributed by atoms with Gasteiger partial charge in [-0.15, -0.1) is 0 Å². The summed E-state index contributed by atoms with van der Waals surface area (Å²) in [6.45, 7) is 3.46. The second-order valence-corrected chi connectivity index (χ2v) is 6.70.